The first-order valence-electron chi connectivity index (χ1n) is 8.46. The molecular weight excluding hydrogens is 356 g/mol. The van der Waals surface area contributed by atoms with Crippen LogP contribution in [0.3, 0.4) is 0 Å². The lowest BCUT2D eigenvalue weighted by Gasteiger charge is -2.13. The van der Waals surface area contributed by atoms with E-state index in [9.17, 15) is 4.79 Å². The van der Waals surface area contributed by atoms with Crippen LogP contribution in [0.2, 0.25) is 0 Å². The highest BCUT2D eigenvalue weighted by Gasteiger charge is 2.13. The number of hydrazine groups is 1. The van der Waals surface area contributed by atoms with Crippen molar-refractivity contribution < 1.29 is 9.53 Å². The minimum atomic E-state index is -0.320. The number of aromatic nitrogens is 3. The number of amides is 1. The molecule has 0 fully saturated rings. The second-order valence-corrected chi connectivity index (χ2v) is 5.82. The highest BCUT2D eigenvalue weighted by molar-refractivity contribution is 5.95. The molecule has 0 bridgehead atoms. The number of hydrogen-bond acceptors (Lipinski definition) is 7. The third-order valence-electron chi connectivity index (χ3n) is 3.98. The Balaban J connectivity index is 1.54. The lowest BCUT2D eigenvalue weighted by molar-refractivity contribution is 0.0962. The molecule has 4 rings (SSSR count). The Morgan fingerprint density at radius 2 is 1.75 bits per heavy atom. The van der Waals surface area contributed by atoms with Gasteiger partial charge in [0.05, 0.1) is 0 Å². The maximum absolute atomic E-state index is 12.2. The summed E-state index contributed by atoms with van der Waals surface area (Å²) in [4.78, 5) is 24.6. The van der Waals surface area contributed by atoms with Crippen molar-refractivity contribution in [2.75, 3.05) is 11.2 Å². The number of nitrogens with zero attached hydrogens (tertiary/aromatic N) is 3. The minimum absolute atomic E-state index is 0.156. The fourth-order valence-corrected chi connectivity index (χ4v) is 2.60. The number of carbonyl (C=O) groups excluding carboxylic acids is 1. The number of para-hydroxylation sites is 1. The quantitative estimate of drug-likeness (QED) is 0.461. The van der Waals surface area contributed by atoms with E-state index >= 15 is 0 Å². The van der Waals surface area contributed by atoms with E-state index < -0.39 is 0 Å². The lowest BCUT2D eigenvalue weighted by atomic mass is 10.2. The van der Waals surface area contributed by atoms with Gasteiger partial charge >= 0.3 is 0 Å². The van der Waals surface area contributed by atoms with Gasteiger partial charge in [-0.05, 0) is 24.3 Å². The van der Waals surface area contributed by atoms with Crippen LogP contribution in [0, 0.1) is 0 Å². The van der Waals surface area contributed by atoms with Crippen molar-refractivity contribution in [3.63, 3.8) is 0 Å². The SMILES string of the molecule is Nc1c(NNC(=O)c2ccccc2)ncnc1Oc1cccc2cccnc12. The zero-order valence-electron chi connectivity index (χ0n) is 14.7. The highest BCUT2D eigenvalue weighted by atomic mass is 16.5. The summed E-state index contributed by atoms with van der Waals surface area (Å²) in [5.74, 6) is 0.578. The summed E-state index contributed by atoms with van der Waals surface area (Å²) in [6.45, 7) is 0. The Morgan fingerprint density at radius 3 is 2.61 bits per heavy atom. The first-order valence-corrected chi connectivity index (χ1v) is 8.46. The first-order chi connectivity index (χ1) is 13.7. The number of fused-ring (bicyclic) bond motifs is 1. The number of ether oxygens (including phenoxy) is 1. The molecule has 2 aromatic heterocycles. The predicted molar refractivity (Wildman–Crippen MR) is 106 cm³/mol. The zero-order valence-corrected chi connectivity index (χ0v) is 14.7. The number of anilines is 2. The van der Waals surface area contributed by atoms with E-state index in [-0.39, 0.29) is 23.3 Å². The van der Waals surface area contributed by atoms with Gasteiger partial charge < -0.3 is 10.5 Å². The molecule has 28 heavy (non-hydrogen) atoms. The van der Waals surface area contributed by atoms with Crippen LogP contribution in [-0.4, -0.2) is 20.9 Å². The van der Waals surface area contributed by atoms with E-state index in [0.29, 0.717) is 16.8 Å². The molecule has 0 aliphatic rings. The molecule has 0 radical (unpaired) electrons. The zero-order chi connectivity index (χ0) is 19.3. The van der Waals surface area contributed by atoms with Crippen LogP contribution >= 0.6 is 0 Å². The van der Waals surface area contributed by atoms with Crippen molar-refractivity contribution >= 4 is 28.3 Å². The van der Waals surface area contributed by atoms with Gasteiger partial charge in [-0.3, -0.25) is 20.6 Å². The molecule has 1 amide bonds. The normalized spacial score (nSPS) is 10.4. The summed E-state index contributed by atoms with van der Waals surface area (Å²) in [7, 11) is 0. The summed E-state index contributed by atoms with van der Waals surface area (Å²) in [6, 6.07) is 18.1. The molecule has 4 N–H and O–H groups in total. The van der Waals surface area contributed by atoms with Crippen molar-refractivity contribution in [1.82, 2.24) is 20.4 Å². The Morgan fingerprint density at radius 1 is 0.929 bits per heavy atom. The van der Waals surface area contributed by atoms with Crippen molar-refractivity contribution in [2.45, 2.75) is 0 Å². The predicted octanol–water partition coefficient (Wildman–Crippen LogP) is 3.16. The Labute approximate surface area is 160 Å². The molecule has 0 atom stereocenters. The van der Waals surface area contributed by atoms with Crippen LogP contribution < -0.4 is 21.3 Å². The molecule has 0 aliphatic heterocycles. The molecule has 8 nitrogen and oxygen atoms in total. The van der Waals surface area contributed by atoms with Crippen LogP contribution in [0.1, 0.15) is 10.4 Å². The molecule has 0 spiro atoms. The maximum Gasteiger partial charge on any atom is 0.269 e. The minimum Gasteiger partial charge on any atom is -0.435 e. The third kappa shape index (κ3) is 3.51. The fraction of sp³-hybridized carbons (Fsp3) is 0. The van der Waals surface area contributed by atoms with Gasteiger partial charge in [0.15, 0.2) is 11.6 Å². The summed E-state index contributed by atoms with van der Waals surface area (Å²) < 4.78 is 5.86. The third-order valence-corrected chi connectivity index (χ3v) is 3.98. The number of hydrogen-bond donors (Lipinski definition) is 3. The fourth-order valence-electron chi connectivity index (χ4n) is 2.60. The maximum atomic E-state index is 12.2. The van der Waals surface area contributed by atoms with Crippen LogP contribution in [0.4, 0.5) is 11.5 Å². The molecule has 8 heteroatoms. The van der Waals surface area contributed by atoms with Crippen molar-refractivity contribution in [2.24, 2.45) is 0 Å². The number of benzene rings is 2. The van der Waals surface area contributed by atoms with Gasteiger partial charge in [0, 0.05) is 17.1 Å². The van der Waals surface area contributed by atoms with E-state index in [4.69, 9.17) is 10.5 Å². The van der Waals surface area contributed by atoms with Gasteiger partial charge in [-0.2, -0.15) is 4.98 Å². The van der Waals surface area contributed by atoms with E-state index in [0.717, 1.165) is 5.39 Å². The molecule has 0 unspecified atom stereocenters. The Bertz CT molecular complexity index is 1130. The highest BCUT2D eigenvalue weighted by Crippen LogP contribution is 2.32. The summed E-state index contributed by atoms with van der Waals surface area (Å²) in [6.07, 6.45) is 2.98. The molecular formula is C20H16N6O2. The summed E-state index contributed by atoms with van der Waals surface area (Å²) >= 11 is 0. The average Bonchev–Trinajstić information content (AvgIpc) is 2.75. The monoisotopic (exact) mass is 372 g/mol. The standard InChI is InChI=1S/C20H16N6O2/c21-16-18(25-26-19(27)14-6-2-1-3-7-14)23-12-24-20(16)28-15-10-4-8-13-9-5-11-22-17(13)15/h1-12H,21H2,(H,26,27)(H,23,24,25). The molecule has 0 saturated carbocycles. The van der Waals surface area contributed by atoms with Crippen molar-refractivity contribution in [3.8, 4) is 11.6 Å². The van der Waals surface area contributed by atoms with Gasteiger partial charge in [-0.1, -0.05) is 36.4 Å². The van der Waals surface area contributed by atoms with Crippen LogP contribution in [0.25, 0.3) is 10.9 Å². The number of pyridine rings is 1. The molecule has 2 aromatic carbocycles. The Kier molecular flexibility index (Phi) is 4.67. The molecule has 0 saturated heterocycles. The number of rotatable bonds is 5. The largest absolute Gasteiger partial charge is 0.435 e. The van der Waals surface area contributed by atoms with Gasteiger partial charge in [-0.25, -0.2) is 4.98 Å². The Hall–Kier alpha value is -4.20. The van der Waals surface area contributed by atoms with Crippen LogP contribution in [-0.2, 0) is 0 Å². The molecule has 2 heterocycles. The smallest absolute Gasteiger partial charge is 0.269 e. The average molecular weight is 372 g/mol. The first kappa shape index (κ1) is 17.2. The number of nitrogens with one attached hydrogen (secondary N) is 2. The topological polar surface area (TPSA) is 115 Å². The van der Waals surface area contributed by atoms with Crippen molar-refractivity contribution in [3.05, 3.63) is 78.8 Å². The van der Waals surface area contributed by atoms with Crippen molar-refractivity contribution in [1.29, 1.82) is 0 Å². The van der Waals surface area contributed by atoms with Crippen LogP contribution in [0.5, 0.6) is 11.6 Å². The molecule has 0 aliphatic carbocycles. The summed E-state index contributed by atoms with van der Waals surface area (Å²) in [5, 5.41) is 0.932. The van der Waals surface area contributed by atoms with Gasteiger partial charge in [0.2, 0.25) is 5.88 Å². The van der Waals surface area contributed by atoms with E-state index in [1.165, 1.54) is 6.33 Å². The lowest BCUT2D eigenvalue weighted by Crippen LogP contribution is -2.30. The second-order valence-electron chi connectivity index (χ2n) is 5.82. The van der Waals surface area contributed by atoms with E-state index in [1.54, 1.807) is 36.5 Å². The molecule has 4 aromatic rings. The van der Waals surface area contributed by atoms with Gasteiger partial charge in [0.25, 0.3) is 5.91 Å². The van der Waals surface area contributed by atoms with Gasteiger partial charge in [-0.15, -0.1) is 0 Å². The molecule has 138 valence electrons. The van der Waals surface area contributed by atoms with Crippen LogP contribution in [0.15, 0.2) is 73.2 Å². The van der Waals surface area contributed by atoms with Gasteiger partial charge in [0.1, 0.15) is 17.5 Å². The number of nitrogen functional groups attached to an aromatic ring is 1. The van der Waals surface area contributed by atoms with E-state index in [1.807, 2.05) is 30.3 Å². The second kappa shape index (κ2) is 7.58. The number of nitrogens with two attached hydrogens (primary N) is 1. The van der Waals surface area contributed by atoms with E-state index in [2.05, 4.69) is 25.8 Å². The summed E-state index contributed by atoms with van der Waals surface area (Å²) in [5.41, 5.74) is 12.7. The number of carbonyl (C=O) groups is 1.